The molecule has 2 aromatic carbocycles. The summed E-state index contributed by atoms with van der Waals surface area (Å²) < 4.78 is 12.9. The van der Waals surface area contributed by atoms with Crippen molar-refractivity contribution in [3.8, 4) is 28.4 Å². The molecule has 1 saturated carbocycles. The maximum absolute atomic E-state index is 5.58. The molecule has 1 aliphatic carbocycles. The van der Waals surface area contributed by atoms with E-state index in [4.69, 9.17) is 20.3 Å². The van der Waals surface area contributed by atoms with Crippen LogP contribution in [0, 0.1) is 0 Å². The van der Waals surface area contributed by atoms with Gasteiger partial charge in [-0.3, -0.25) is 0 Å². The maximum Gasteiger partial charge on any atom is 0.119 e. The van der Waals surface area contributed by atoms with E-state index in [1.54, 1.807) is 7.11 Å². The fourth-order valence-electron chi connectivity index (χ4n) is 3.00. The Hall–Kier alpha value is -2.79. The third-order valence-electron chi connectivity index (χ3n) is 4.58. The minimum atomic E-state index is 0.511. The van der Waals surface area contributed by atoms with E-state index in [1.807, 2.05) is 41.1 Å². The number of nitrogens with zero attached hydrogens (tertiary/aromatic N) is 2. The van der Waals surface area contributed by atoms with Crippen molar-refractivity contribution in [2.24, 2.45) is 5.73 Å². The van der Waals surface area contributed by atoms with Crippen LogP contribution in [-0.2, 0) is 0 Å². The van der Waals surface area contributed by atoms with Gasteiger partial charge in [-0.05, 0) is 67.4 Å². The molecule has 0 saturated heterocycles. The highest BCUT2D eigenvalue weighted by molar-refractivity contribution is 5.64. The highest BCUT2D eigenvalue weighted by atomic mass is 16.5. The Morgan fingerprint density at radius 3 is 2.35 bits per heavy atom. The van der Waals surface area contributed by atoms with Crippen LogP contribution < -0.4 is 15.2 Å². The van der Waals surface area contributed by atoms with Crippen LogP contribution in [0.4, 0.5) is 0 Å². The molecule has 1 heterocycles. The summed E-state index contributed by atoms with van der Waals surface area (Å²) in [4.78, 5) is 0. The molecule has 4 rings (SSSR count). The topological polar surface area (TPSA) is 62.3 Å². The summed E-state index contributed by atoms with van der Waals surface area (Å²) in [5, 5.41) is 4.87. The van der Waals surface area contributed by atoms with Crippen LogP contribution in [0.5, 0.6) is 11.5 Å². The molecule has 1 aliphatic rings. The monoisotopic (exact) mass is 349 g/mol. The minimum absolute atomic E-state index is 0.511. The first kappa shape index (κ1) is 16.7. The smallest absolute Gasteiger partial charge is 0.119 e. The van der Waals surface area contributed by atoms with E-state index in [9.17, 15) is 0 Å². The molecule has 0 spiro atoms. The van der Waals surface area contributed by atoms with Crippen molar-refractivity contribution in [2.45, 2.75) is 18.8 Å². The zero-order valence-electron chi connectivity index (χ0n) is 14.9. The maximum atomic E-state index is 5.58. The van der Waals surface area contributed by atoms with Crippen LogP contribution in [0.1, 0.15) is 24.5 Å². The van der Waals surface area contributed by atoms with E-state index < -0.39 is 0 Å². The Labute approximate surface area is 153 Å². The zero-order chi connectivity index (χ0) is 17.9. The number of hydrogen-bond donors (Lipinski definition) is 1. The lowest BCUT2D eigenvalue weighted by molar-refractivity contribution is 0.328. The molecule has 0 unspecified atom stereocenters. The molecule has 0 aliphatic heterocycles. The summed E-state index contributed by atoms with van der Waals surface area (Å²) in [6.07, 6.45) is 2.45. The summed E-state index contributed by atoms with van der Waals surface area (Å²) in [6.45, 7) is 1.03. The molecule has 0 amide bonds. The Morgan fingerprint density at radius 1 is 1.04 bits per heavy atom. The predicted octanol–water partition coefficient (Wildman–Crippen LogP) is 3.76. The van der Waals surface area contributed by atoms with Gasteiger partial charge in [0.15, 0.2) is 0 Å². The second-order valence-corrected chi connectivity index (χ2v) is 6.50. The van der Waals surface area contributed by atoms with Crippen LogP contribution in [0.15, 0.2) is 54.6 Å². The summed E-state index contributed by atoms with van der Waals surface area (Å²) in [5.74, 6) is 2.27. The van der Waals surface area contributed by atoms with E-state index in [-0.39, 0.29) is 0 Å². The lowest BCUT2D eigenvalue weighted by Crippen LogP contribution is -2.10. The van der Waals surface area contributed by atoms with E-state index in [0.717, 1.165) is 28.4 Å². The molecule has 0 bridgehead atoms. The number of methoxy groups -OCH3 is 1. The van der Waals surface area contributed by atoms with Gasteiger partial charge in [0, 0.05) is 18.0 Å². The Morgan fingerprint density at radius 2 is 1.73 bits per heavy atom. The standard InChI is InChI=1S/C21H23N3O2/c1-25-18-10-6-17(7-11-18)24-21(14-20(23-24)15-2-3-15)16-4-8-19(9-5-16)26-13-12-22/h4-11,14-15H,2-3,12-13,22H2,1H3. The fraction of sp³-hybridized carbons (Fsp3) is 0.286. The quantitative estimate of drug-likeness (QED) is 0.705. The average Bonchev–Trinajstić information content (AvgIpc) is 3.45. The number of benzene rings is 2. The van der Waals surface area contributed by atoms with Gasteiger partial charge in [0.05, 0.1) is 24.2 Å². The first-order chi connectivity index (χ1) is 12.8. The highest BCUT2D eigenvalue weighted by Gasteiger charge is 2.27. The molecule has 1 aromatic heterocycles. The normalized spacial score (nSPS) is 13.6. The second kappa shape index (κ2) is 7.22. The first-order valence-electron chi connectivity index (χ1n) is 8.96. The van der Waals surface area contributed by atoms with Gasteiger partial charge >= 0.3 is 0 Å². The van der Waals surface area contributed by atoms with E-state index in [0.29, 0.717) is 19.1 Å². The van der Waals surface area contributed by atoms with Gasteiger partial charge in [0.2, 0.25) is 0 Å². The molecular weight excluding hydrogens is 326 g/mol. The first-order valence-corrected chi connectivity index (χ1v) is 8.96. The van der Waals surface area contributed by atoms with E-state index in [2.05, 4.69) is 18.2 Å². The molecule has 5 heteroatoms. The number of nitrogens with two attached hydrogens (primary N) is 1. The van der Waals surface area contributed by atoms with Crippen molar-refractivity contribution in [3.63, 3.8) is 0 Å². The van der Waals surface area contributed by atoms with Crippen molar-refractivity contribution in [3.05, 3.63) is 60.3 Å². The van der Waals surface area contributed by atoms with Crippen molar-refractivity contribution >= 4 is 0 Å². The van der Waals surface area contributed by atoms with Gasteiger partial charge in [-0.15, -0.1) is 0 Å². The summed E-state index contributed by atoms with van der Waals surface area (Å²) in [7, 11) is 1.67. The molecule has 5 nitrogen and oxygen atoms in total. The minimum Gasteiger partial charge on any atom is -0.497 e. The van der Waals surface area contributed by atoms with Crippen molar-refractivity contribution in [1.29, 1.82) is 0 Å². The van der Waals surface area contributed by atoms with Crippen LogP contribution in [-0.4, -0.2) is 30.0 Å². The van der Waals surface area contributed by atoms with Crippen LogP contribution in [0.2, 0.25) is 0 Å². The zero-order valence-corrected chi connectivity index (χ0v) is 14.9. The molecule has 3 aromatic rings. The van der Waals surface area contributed by atoms with Crippen LogP contribution in [0.25, 0.3) is 16.9 Å². The average molecular weight is 349 g/mol. The van der Waals surface area contributed by atoms with Crippen LogP contribution in [0.3, 0.4) is 0 Å². The van der Waals surface area contributed by atoms with E-state index in [1.165, 1.54) is 18.5 Å². The fourth-order valence-corrected chi connectivity index (χ4v) is 3.00. The highest BCUT2D eigenvalue weighted by Crippen LogP contribution is 2.41. The molecule has 26 heavy (non-hydrogen) atoms. The Balaban J connectivity index is 1.69. The Bertz CT molecular complexity index is 865. The summed E-state index contributed by atoms with van der Waals surface area (Å²) in [6, 6.07) is 18.3. The number of aromatic nitrogens is 2. The van der Waals surface area contributed by atoms with Crippen LogP contribution >= 0.6 is 0 Å². The van der Waals surface area contributed by atoms with Gasteiger partial charge in [0.25, 0.3) is 0 Å². The molecule has 2 N–H and O–H groups in total. The number of ether oxygens (including phenoxy) is 2. The van der Waals surface area contributed by atoms with Gasteiger partial charge in [0.1, 0.15) is 18.1 Å². The number of hydrogen-bond acceptors (Lipinski definition) is 4. The SMILES string of the molecule is COc1ccc(-n2nc(C3CC3)cc2-c2ccc(OCCN)cc2)cc1. The summed E-state index contributed by atoms with van der Waals surface area (Å²) in [5.41, 5.74) is 9.88. The Kier molecular flexibility index (Phi) is 4.63. The predicted molar refractivity (Wildman–Crippen MR) is 102 cm³/mol. The molecule has 134 valence electrons. The molecule has 1 fully saturated rings. The van der Waals surface area contributed by atoms with Crippen molar-refractivity contribution < 1.29 is 9.47 Å². The molecular formula is C21H23N3O2. The van der Waals surface area contributed by atoms with Crippen molar-refractivity contribution in [2.75, 3.05) is 20.3 Å². The third kappa shape index (κ3) is 3.44. The lowest BCUT2D eigenvalue weighted by Gasteiger charge is -2.10. The second-order valence-electron chi connectivity index (χ2n) is 6.50. The third-order valence-corrected chi connectivity index (χ3v) is 4.58. The summed E-state index contributed by atoms with van der Waals surface area (Å²) >= 11 is 0. The van der Waals surface area contributed by atoms with Crippen molar-refractivity contribution in [1.82, 2.24) is 9.78 Å². The molecule has 0 atom stereocenters. The lowest BCUT2D eigenvalue weighted by atomic mass is 10.1. The van der Waals surface area contributed by atoms with E-state index >= 15 is 0 Å². The van der Waals surface area contributed by atoms with Gasteiger partial charge in [-0.2, -0.15) is 5.10 Å². The number of rotatable bonds is 7. The molecule has 0 radical (unpaired) electrons. The van der Waals surface area contributed by atoms with Gasteiger partial charge in [-0.25, -0.2) is 4.68 Å². The largest absolute Gasteiger partial charge is 0.497 e. The van der Waals surface area contributed by atoms with Gasteiger partial charge < -0.3 is 15.2 Å². The van der Waals surface area contributed by atoms with Gasteiger partial charge in [-0.1, -0.05) is 0 Å².